The van der Waals surface area contributed by atoms with Gasteiger partial charge in [0, 0.05) is 17.5 Å². The van der Waals surface area contributed by atoms with E-state index in [-0.39, 0.29) is 11.7 Å². The molecule has 0 aliphatic heterocycles. The first-order valence-corrected chi connectivity index (χ1v) is 10.4. The van der Waals surface area contributed by atoms with Gasteiger partial charge in [-0.15, -0.1) is 0 Å². The van der Waals surface area contributed by atoms with Crippen molar-refractivity contribution >= 4 is 17.6 Å². The lowest BCUT2D eigenvalue weighted by Crippen LogP contribution is -2.22. The highest BCUT2D eigenvalue weighted by Crippen LogP contribution is 2.30. The largest absolute Gasteiger partial charge is 0.496 e. The van der Waals surface area contributed by atoms with Crippen LogP contribution in [0.15, 0.2) is 58.0 Å². The minimum absolute atomic E-state index is 0.154. The average molecular weight is 432 g/mol. The highest BCUT2D eigenvalue weighted by Gasteiger charge is 2.29. The number of carbonyl (C=O) groups excluding carboxylic acids is 2. The summed E-state index contributed by atoms with van der Waals surface area (Å²) in [6.07, 6.45) is 2.15. The Kier molecular flexibility index (Phi) is 6.07. The summed E-state index contributed by atoms with van der Waals surface area (Å²) in [6, 6.07) is 14.2. The average Bonchev–Trinajstić information content (AvgIpc) is 3.16. The number of hydrogen-bond acceptors (Lipinski definition) is 6. The van der Waals surface area contributed by atoms with E-state index in [9.17, 15) is 9.59 Å². The summed E-state index contributed by atoms with van der Waals surface area (Å²) < 4.78 is 16.6. The number of amides is 1. The van der Waals surface area contributed by atoms with Crippen molar-refractivity contribution in [1.29, 1.82) is 0 Å². The van der Waals surface area contributed by atoms with Crippen molar-refractivity contribution in [2.24, 2.45) is 5.10 Å². The van der Waals surface area contributed by atoms with Crippen LogP contribution in [-0.2, 0) is 6.42 Å². The summed E-state index contributed by atoms with van der Waals surface area (Å²) in [4.78, 5) is 25.3. The fourth-order valence-electron chi connectivity index (χ4n) is 3.75. The van der Waals surface area contributed by atoms with E-state index >= 15 is 0 Å². The number of esters is 1. The summed E-state index contributed by atoms with van der Waals surface area (Å²) in [5.74, 6) is 0.819. The standard InChI is InChI=1S/C25H24N2O5/c1-15-11-13-17(14-12-15)31-25(29)23-16(2)22-19(8-6-10-21(22)32-23)26-27-24(28)18-7-4-5-9-20(18)30-3/h4-5,7,9,11-14H,6,8,10H2,1-3H3,(H,27,28)/b26-19+. The van der Waals surface area contributed by atoms with Crippen LogP contribution in [0, 0.1) is 13.8 Å². The third-order valence-electron chi connectivity index (χ3n) is 5.39. The maximum atomic E-state index is 12.7. The Balaban J connectivity index is 1.57. The fraction of sp³-hybridized carbons (Fsp3) is 0.240. The van der Waals surface area contributed by atoms with Gasteiger partial charge in [0.1, 0.15) is 17.3 Å². The molecule has 0 saturated carbocycles. The van der Waals surface area contributed by atoms with E-state index in [0.29, 0.717) is 46.9 Å². The van der Waals surface area contributed by atoms with Gasteiger partial charge in [0.2, 0.25) is 5.76 Å². The molecule has 0 spiro atoms. The molecule has 1 amide bonds. The number of benzene rings is 2. The molecule has 0 fully saturated rings. The molecule has 0 radical (unpaired) electrons. The van der Waals surface area contributed by atoms with E-state index in [1.165, 1.54) is 7.11 Å². The number of rotatable bonds is 5. The van der Waals surface area contributed by atoms with Crippen molar-refractivity contribution in [3.63, 3.8) is 0 Å². The lowest BCUT2D eigenvalue weighted by molar-refractivity contribution is 0.0698. The van der Waals surface area contributed by atoms with Crippen LogP contribution in [0.5, 0.6) is 11.5 Å². The number of hydrogen-bond donors (Lipinski definition) is 1. The normalized spacial score (nSPS) is 14.0. The van der Waals surface area contributed by atoms with Gasteiger partial charge in [-0.05, 0) is 51.0 Å². The first-order chi connectivity index (χ1) is 15.5. The maximum Gasteiger partial charge on any atom is 0.379 e. The molecule has 2 aromatic carbocycles. The van der Waals surface area contributed by atoms with Crippen molar-refractivity contribution in [3.8, 4) is 11.5 Å². The van der Waals surface area contributed by atoms with Gasteiger partial charge in [0.25, 0.3) is 5.91 Å². The zero-order valence-electron chi connectivity index (χ0n) is 18.2. The van der Waals surface area contributed by atoms with Gasteiger partial charge in [0.15, 0.2) is 0 Å². The summed E-state index contributed by atoms with van der Waals surface area (Å²) in [6.45, 7) is 3.76. The monoisotopic (exact) mass is 432 g/mol. The number of aryl methyl sites for hydroxylation is 2. The number of ether oxygens (including phenoxy) is 2. The molecule has 0 bridgehead atoms. The molecule has 1 aromatic heterocycles. The van der Waals surface area contributed by atoms with Crippen LogP contribution in [0.2, 0.25) is 0 Å². The van der Waals surface area contributed by atoms with E-state index in [1.54, 1.807) is 43.3 Å². The van der Waals surface area contributed by atoms with Gasteiger partial charge in [-0.2, -0.15) is 5.10 Å². The predicted octanol–water partition coefficient (Wildman–Crippen LogP) is 4.59. The number of fused-ring (bicyclic) bond motifs is 1. The summed E-state index contributed by atoms with van der Waals surface area (Å²) in [5, 5.41) is 4.35. The molecular formula is C25H24N2O5. The Morgan fingerprint density at radius 2 is 1.78 bits per heavy atom. The number of hydrazone groups is 1. The van der Waals surface area contributed by atoms with Crippen LogP contribution in [-0.4, -0.2) is 24.7 Å². The topological polar surface area (TPSA) is 90.1 Å². The number of nitrogens with zero attached hydrogens (tertiary/aromatic N) is 1. The molecule has 0 saturated heterocycles. The van der Waals surface area contributed by atoms with Crippen LogP contribution in [0.25, 0.3) is 0 Å². The molecule has 1 heterocycles. The molecule has 0 atom stereocenters. The van der Waals surface area contributed by atoms with Crippen molar-refractivity contribution in [2.45, 2.75) is 33.1 Å². The van der Waals surface area contributed by atoms with Crippen LogP contribution in [0.1, 0.15) is 56.2 Å². The zero-order valence-corrected chi connectivity index (χ0v) is 18.2. The van der Waals surface area contributed by atoms with Crippen LogP contribution in [0.4, 0.5) is 0 Å². The van der Waals surface area contributed by atoms with E-state index in [1.807, 2.05) is 19.1 Å². The zero-order chi connectivity index (χ0) is 22.7. The van der Waals surface area contributed by atoms with Crippen molar-refractivity contribution in [3.05, 3.63) is 82.3 Å². The molecule has 7 heteroatoms. The molecule has 1 aliphatic carbocycles. The van der Waals surface area contributed by atoms with Crippen molar-refractivity contribution < 1.29 is 23.5 Å². The van der Waals surface area contributed by atoms with E-state index in [2.05, 4.69) is 10.5 Å². The summed E-state index contributed by atoms with van der Waals surface area (Å²) in [7, 11) is 1.51. The minimum atomic E-state index is -0.557. The summed E-state index contributed by atoms with van der Waals surface area (Å²) >= 11 is 0. The van der Waals surface area contributed by atoms with Crippen molar-refractivity contribution in [1.82, 2.24) is 5.43 Å². The van der Waals surface area contributed by atoms with Gasteiger partial charge in [-0.1, -0.05) is 29.8 Å². The quantitative estimate of drug-likeness (QED) is 0.362. The Labute approximate surface area is 186 Å². The Morgan fingerprint density at radius 1 is 1.03 bits per heavy atom. The number of para-hydroxylation sites is 1. The molecule has 1 aliphatic rings. The number of nitrogens with one attached hydrogen (secondary N) is 1. The van der Waals surface area contributed by atoms with Gasteiger partial charge >= 0.3 is 5.97 Å². The number of carbonyl (C=O) groups is 2. The fourth-order valence-corrected chi connectivity index (χ4v) is 3.75. The second kappa shape index (κ2) is 9.09. The first kappa shape index (κ1) is 21.4. The Bertz CT molecular complexity index is 1190. The molecule has 7 nitrogen and oxygen atoms in total. The number of furan rings is 1. The Hall–Kier alpha value is -3.87. The number of methoxy groups -OCH3 is 1. The third-order valence-corrected chi connectivity index (χ3v) is 5.39. The molecule has 0 unspecified atom stereocenters. The highest BCUT2D eigenvalue weighted by atomic mass is 16.5. The van der Waals surface area contributed by atoms with Gasteiger partial charge in [-0.25, -0.2) is 10.2 Å². The van der Waals surface area contributed by atoms with Crippen LogP contribution >= 0.6 is 0 Å². The molecule has 3 aromatic rings. The van der Waals surface area contributed by atoms with E-state index in [4.69, 9.17) is 13.9 Å². The van der Waals surface area contributed by atoms with Gasteiger partial charge < -0.3 is 13.9 Å². The third kappa shape index (κ3) is 4.27. The van der Waals surface area contributed by atoms with Crippen LogP contribution in [0.3, 0.4) is 0 Å². The lowest BCUT2D eigenvalue weighted by Gasteiger charge is -2.14. The van der Waals surface area contributed by atoms with E-state index < -0.39 is 5.97 Å². The van der Waals surface area contributed by atoms with Gasteiger partial charge in [0.05, 0.1) is 18.4 Å². The molecule has 1 N–H and O–H groups in total. The summed E-state index contributed by atoms with van der Waals surface area (Å²) in [5.41, 5.74) is 6.15. The van der Waals surface area contributed by atoms with Gasteiger partial charge in [-0.3, -0.25) is 4.79 Å². The smallest absolute Gasteiger partial charge is 0.379 e. The first-order valence-electron chi connectivity index (χ1n) is 10.4. The minimum Gasteiger partial charge on any atom is -0.496 e. The van der Waals surface area contributed by atoms with E-state index in [0.717, 1.165) is 17.5 Å². The maximum absolute atomic E-state index is 12.7. The Morgan fingerprint density at radius 3 is 2.53 bits per heavy atom. The lowest BCUT2D eigenvalue weighted by atomic mass is 9.93. The second-order valence-electron chi connectivity index (χ2n) is 7.61. The molecule has 4 rings (SSSR count). The second-order valence-corrected chi connectivity index (χ2v) is 7.61. The molecule has 32 heavy (non-hydrogen) atoms. The van der Waals surface area contributed by atoms with Crippen molar-refractivity contribution in [2.75, 3.05) is 7.11 Å². The molecular weight excluding hydrogens is 408 g/mol. The SMILES string of the molecule is COc1ccccc1C(=O)N/N=C1\CCCc2oc(C(=O)Oc3ccc(C)cc3)c(C)c21. The predicted molar refractivity (Wildman–Crippen MR) is 120 cm³/mol. The highest BCUT2D eigenvalue weighted by molar-refractivity contribution is 6.07. The molecule has 164 valence electrons. The van der Waals surface area contributed by atoms with Crippen LogP contribution < -0.4 is 14.9 Å².